The summed E-state index contributed by atoms with van der Waals surface area (Å²) in [4.78, 5) is 0.158. The first kappa shape index (κ1) is 16.7. The maximum atomic E-state index is 12.9. The zero-order valence-electron chi connectivity index (χ0n) is 13.2. The van der Waals surface area contributed by atoms with E-state index in [0.29, 0.717) is 25.2 Å². The van der Waals surface area contributed by atoms with Crippen molar-refractivity contribution in [3.05, 3.63) is 65.7 Å². The van der Waals surface area contributed by atoms with Crippen molar-refractivity contribution in [3.63, 3.8) is 0 Å². The van der Waals surface area contributed by atoms with Gasteiger partial charge in [0, 0.05) is 19.0 Å². The van der Waals surface area contributed by atoms with Crippen LogP contribution in [0.1, 0.15) is 17.0 Å². The van der Waals surface area contributed by atoms with E-state index in [2.05, 4.69) is 0 Å². The molecule has 0 amide bonds. The fourth-order valence-corrected chi connectivity index (χ4v) is 4.79. The van der Waals surface area contributed by atoms with Crippen molar-refractivity contribution in [2.24, 2.45) is 11.7 Å². The average molecular weight is 341 g/mol. The first-order valence-corrected chi connectivity index (χ1v) is 9.25. The molecule has 1 saturated heterocycles. The lowest BCUT2D eigenvalue weighted by atomic mass is 9.89. The van der Waals surface area contributed by atoms with Crippen LogP contribution in [0.3, 0.4) is 0 Å². The number of rotatable bonds is 4. The maximum absolute atomic E-state index is 12.9. The molecule has 0 radical (unpaired) electrons. The number of sulfonamides is 1. The van der Waals surface area contributed by atoms with Crippen molar-refractivity contribution in [1.82, 2.24) is 4.31 Å². The number of hydrogen-bond acceptors (Lipinski definition) is 4. The zero-order valence-corrected chi connectivity index (χ0v) is 14.0. The normalized spacial score (nSPS) is 21.5. The van der Waals surface area contributed by atoms with Crippen molar-refractivity contribution in [3.8, 4) is 6.07 Å². The van der Waals surface area contributed by atoms with Crippen molar-refractivity contribution in [1.29, 1.82) is 5.26 Å². The second-order valence-electron chi connectivity index (χ2n) is 5.97. The fourth-order valence-electron chi connectivity index (χ4n) is 3.22. The SMILES string of the molecule is N#Cc1cccc(S(=O)(=O)N2C[C@@H](CN)[C@H](c3ccccc3)C2)c1. The minimum Gasteiger partial charge on any atom is -0.330 e. The Morgan fingerprint density at radius 2 is 1.88 bits per heavy atom. The lowest BCUT2D eigenvalue weighted by Crippen LogP contribution is -2.30. The lowest BCUT2D eigenvalue weighted by Gasteiger charge is -2.17. The molecule has 0 saturated carbocycles. The Morgan fingerprint density at radius 3 is 2.54 bits per heavy atom. The molecule has 0 spiro atoms. The second kappa shape index (κ2) is 6.73. The first-order chi connectivity index (χ1) is 11.6. The summed E-state index contributed by atoms with van der Waals surface area (Å²) in [6.07, 6.45) is 0. The lowest BCUT2D eigenvalue weighted by molar-refractivity contribution is 0.459. The Kier molecular flexibility index (Phi) is 4.67. The highest BCUT2D eigenvalue weighted by Crippen LogP contribution is 2.35. The smallest absolute Gasteiger partial charge is 0.243 e. The number of nitriles is 1. The van der Waals surface area contributed by atoms with Gasteiger partial charge in [0.05, 0.1) is 16.5 Å². The van der Waals surface area contributed by atoms with E-state index in [1.807, 2.05) is 36.4 Å². The van der Waals surface area contributed by atoms with E-state index in [1.165, 1.54) is 16.4 Å². The Bertz CT molecular complexity index is 859. The van der Waals surface area contributed by atoms with E-state index < -0.39 is 10.0 Å². The molecular weight excluding hydrogens is 322 g/mol. The first-order valence-electron chi connectivity index (χ1n) is 7.81. The van der Waals surface area contributed by atoms with Crippen LogP contribution in [0, 0.1) is 17.2 Å². The summed E-state index contributed by atoms with van der Waals surface area (Å²) < 4.78 is 27.3. The van der Waals surface area contributed by atoms with Crippen molar-refractivity contribution < 1.29 is 8.42 Å². The Morgan fingerprint density at radius 1 is 1.12 bits per heavy atom. The predicted octanol–water partition coefficient (Wildman–Crippen LogP) is 1.92. The Balaban J connectivity index is 1.91. The fraction of sp³-hybridized carbons (Fsp3) is 0.278. The van der Waals surface area contributed by atoms with Gasteiger partial charge in [0.2, 0.25) is 10.0 Å². The summed E-state index contributed by atoms with van der Waals surface area (Å²) >= 11 is 0. The van der Waals surface area contributed by atoms with E-state index in [0.717, 1.165) is 5.56 Å². The predicted molar refractivity (Wildman–Crippen MR) is 91.6 cm³/mol. The third-order valence-electron chi connectivity index (χ3n) is 4.54. The Hall–Kier alpha value is -2.20. The highest BCUT2D eigenvalue weighted by molar-refractivity contribution is 7.89. The molecule has 0 aromatic heterocycles. The molecule has 0 unspecified atom stereocenters. The number of hydrogen-bond donors (Lipinski definition) is 1. The quantitative estimate of drug-likeness (QED) is 0.920. The van der Waals surface area contributed by atoms with Crippen LogP contribution in [-0.2, 0) is 10.0 Å². The molecule has 2 atom stereocenters. The zero-order chi connectivity index (χ0) is 17.2. The van der Waals surface area contributed by atoms with Crippen LogP contribution in [0.5, 0.6) is 0 Å². The van der Waals surface area contributed by atoms with E-state index in [-0.39, 0.29) is 16.7 Å². The van der Waals surface area contributed by atoms with E-state index >= 15 is 0 Å². The second-order valence-corrected chi connectivity index (χ2v) is 7.91. The van der Waals surface area contributed by atoms with Crippen LogP contribution >= 0.6 is 0 Å². The molecule has 1 fully saturated rings. The van der Waals surface area contributed by atoms with Crippen LogP contribution < -0.4 is 5.73 Å². The van der Waals surface area contributed by atoms with Gasteiger partial charge in [-0.3, -0.25) is 0 Å². The molecule has 0 bridgehead atoms. The van der Waals surface area contributed by atoms with Gasteiger partial charge in [-0.25, -0.2) is 8.42 Å². The molecular formula is C18H19N3O2S. The number of benzene rings is 2. The van der Waals surface area contributed by atoms with Gasteiger partial charge in [-0.15, -0.1) is 0 Å². The molecule has 124 valence electrons. The third kappa shape index (κ3) is 3.06. The summed E-state index contributed by atoms with van der Waals surface area (Å²) in [6.45, 7) is 1.24. The Labute approximate surface area is 142 Å². The average Bonchev–Trinajstić information content (AvgIpc) is 3.07. The highest BCUT2D eigenvalue weighted by Gasteiger charge is 2.39. The van der Waals surface area contributed by atoms with Gasteiger partial charge in [-0.05, 0) is 36.2 Å². The van der Waals surface area contributed by atoms with Crippen molar-refractivity contribution in [2.75, 3.05) is 19.6 Å². The minimum absolute atomic E-state index is 0.0846. The van der Waals surface area contributed by atoms with Gasteiger partial charge in [-0.1, -0.05) is 36.4 Å². The summed E-state index contributed by atoms with van der Waals surface area (Å²) in [6, 6.07) is 18.0. The molecule has 3 rings (SSSR count). The molecule has 1 aliphatic heterocycles. The summed E-state index contributed by atoms with van der Waals surface area (Å²) in [5.41, 5.74) is 7.33. The van der Waals surface area contributed by atoms with Crippen molar-refractivity contribution in [2.45, 2.75) is 10.8 Å². The molecule has 6 heteroatoms. The molecule has 2 aromatic carbocycles. The molecule has 2 N–H and O–H groups in total. The highest BCUT2D eigenvalue weighted by atomic mass is 32.2. The molecule has 5 nitrogen and oxygen atoms in total. The van der Waals surface area contributed by atoms with Gasteiger partial charge in [0.1, 0.15) is 0 Å². The van der Waals surface area contributed by atoms with Gasteiger partial charge >= 0.3 is 0 Å². The van der Waals surface area contributed by atoms with Crippen LogP contribution in [-0.4, -0.2) is 32.4 Å². The number of nitrogens with two attached hydrogens (primary N) is 1. The van der Waals surface area contributed by atoms with Crippen LogP contribution in [0.25, 0.3) is 0 Å². The summed E-state index contributed by atoms with van der Waals surface area (Å²) in [5.74, 6) is 0.173. The van der Waals surface area contributed by atoms with Gasteiger partial charge in [-0.2, -0.15) is 9.57 Å². The topological polar surface area (TPSA) is 87.2 Å². The molecule has 24 heavy (non-hydrogen) atoms. The van der Waals surface area contributed by atoms with E-state index in [9.17, 15) is 8.42 Å². The molecule has 1 heterocycles. The van der Waals surface area contributed by atoms with E-state index in [4.69, 9.17) is 11.0 Å². The molecule has 2 aromatic rings. The molecule has 1 aliphatic rings. The monoisotopic (exact) mass is 341 g/mol. The van der Waals surface area contributed by atoms with Crippen LogP contribution in [0.15, 0.2) is 59.5 Å². The van der Waals surface area contributed by atoms with Gasteiger partial charge in [0.15, 0.2) is 0 Å². The maximum Gasteiger partial charge on any atom is 0.243 e. The van der Waals surface area contributed by atoms with Crippen LogP contribution in [0.4, 0.5) is 0 Å². The summed E-state index contributed by atoms with van der Waals surface area (Å²) in [7, 11) is -3.63. The standard InChI is InChI=1S/C18H19N3O2S/c19-10-14-5-4-8-17(9-14)24(22,23)21-12-16(11-20)18(13-21)15-6-2-1-3-7-15/h1-9,16,18H,11-13,20H2/t16-,18+/m1/s1. The number of nitrogens with zero attached hydrogens (tertiary/aromatic N) is 2. The third-order valence-corrected chi connectivity index (χ3v) is 6.37. The van der Waals surface area contributed by atoms with Crippen LogP contribution in [0.2, 0.25) is 0 Å². The van der Waals surface area contributed by atoms with E-state index in [1.54, 1.807) is 12.1 Å². The van der Waals surface area contributed by atoms with Gasteiger partial charge in [0.25, 0.3) is 0 Å². The summed E-state index contributed by atoms with van der Waals surface area (Å²) in [5, 5.41) is 8.99. The largest absolute Gasteiger partial charge is 0.330 e. The minimum atomic E-state index is -3.63. The molecule has 0 aliphatic carbocycles. The van der Waals surface area contributed by atoms with Gasteiger partial charge < -0.3 is 5.73 Å². The van der Waals surface area contributed by atoms with Crippen molar-refractivity contribution >= 4 is 10.0 Å².